The number of ether oxygens (including phenoxy) is 1. The van der Waals surface area contributed by atoms with Gasteiger partial charge in [-0.2, -0.15) is 0 Å². The second kappa shape index (κ2) is 11.8. The number of carbonyl (C=O) groups excluding carboxylic acids is 1. The summed E-state index contributed by atoms with van der Waals surface area (Å²) >= 11 is 12.2. The third-order valence-electron chi connectivity index (χ3n) is 4.93. The minimum absolute atomic E-state index is 0.0731. The molecule has 1 amide bonds. The monoisotopic (exact) mass is 501 g/mol. The zero-order chi connectivity index (χ0) is 24.7. The molecule has 0 aliphatic carbocycles. The number of aromatic nitrogens is 2. The van der Waals surface area contributed by atoms with E-state index in [9.17, 15) is 9.59 Å². The molecule has 34 heavy (non-hydrogen) atoms. The Kier molecular flexibility index (Phi) is 8.85. The predicted octanol–water partition coefficient (Wildman–Crippen LogP) is 5.82. The largest absolute Gasteiger partial charge is 0.481 e. The summed E-state index contributed by atoms with van der Waals surface area (Å²) in [4.78, 5) is 31.5. The first-order chi connectivity index (χ1) is 16.2. The zero-order valence-electron chi connectivity index (χ0n) is 18.8. The number of carboxylic acids is 1. The highest BCUT2D eigenvalue weighted by Crippen LogP contribution is 2.29. The van der Waals surface area contributed by atoms with E-state index in [1.807, 2.05) is 12.1 Å². The van der Waals surface area contributed by atoms with Crippen molar-refractivity contribution in [2.75, 3.05) is 6.54 Å². The fourth-order valence-electron chi connectivity index (χ4n) is 3.29. The first-order valence-corrected chi connectivity index (χ1v) is 11.5. The number of nitrogens with zero attached hydrogens (tertiary/aromatic N) is 2. The van der Waals surface area contributed by atoms with E-state index < -0.39 is 5.97 Å². The van der Waals surface area contributed by atoms with Crippen LogP contribution in [0.5, 0.6) is 6.01 Å². The Morgan fingerprint density at radius 3 is 2.18 bits per heavy atom. The van der Waals surface area contributed by atoms with Crippen LogP contribution in [-0.4, -0.2) is 33.5 Å². The van der Waals surface area contributed by atoms with Crippen molar-refractivity contribution in [3.63, 3.8) is 0 Å². The van der Waals surface area contributed by atoms with Crippen molar-refractivity contribution in [1.82, 2.24) is 15.3 Å². The van der Waals surface area contributed by atoms with E-state index in [1.165, 1.54) is 0 Å². The van der Waals surface area contributed by atoms with Crippen LogP contribution in [0, 0.1) is 5.92 Å². The Bertz CT molecular complexity index is 1120. The molecule has 3 rings (SSSR count). The van der Waals surface area contributed by atoms with E-state index >= 15 is 0 Å². The number of carbonyl (C=O) groups is 2. The minimum Gasteiger partial charge on any atom is -0.481 e. The molecule has 1 unspecified atom stereocenters. The van der Waals surface area contributed by atoms with Gasteiger partial charge in [-0.3, -0.25) is 9.59 Å². The number of benzene rings is 2. The summed E-state index contributed by atoms with van der Waals surface area (Å²) in [6.45, 7) is 4.25. The molecule has 3 aromatic rings. The molecule has 1 heterocycles. The molecule has 0 fully saturated rings. The molecule has 0 saturated carbocycles. The van der Waals surface area contributed by atoms with Crippen LogP contribution in [0.2, 0.25) is 10.0 Å². The van der Waals surface area contributed by atoms with Gasteiger partial charge >= 0.3 is 12.0 Å². The smallest absolute Gasteiger partial charge is 0.316 e. The maximum atomic E-state index is 12.2. The summed E-state index contributed by atoms with van der Waals surface area (Å²) in [5.41, 5.74) is 2.89. The van der Waals surface area contributed by atoms with E-state index in [0.717, 1.165) is 23.1 Å². The summed E-state index contributed by atoms with van der Waals surface area (Å²) in [7, 11) is 0. The molecule has 2 aromatic carbocycles. The molecule has 0 saturated heterocycles. The van der Waals surface area contributed by atoms with Gasteiger partial charge in [0.2, 0.25) is 0 Å². The molecule has 2 N–H and O–H groups in total. The number of aliphatic carboxylic acids is 1. The fourth-order valence-corrected chi connectivity index (χ4v) is 3.81. The van der Waals surface area contributed by atoms with Gasteiger partial charge in [0.1, 0.15) is 6.10 Å². The van der Waals surface area contributed by atoms with E-state index in [0.29, 0.717) is 21.5 Å². The lowest BCUT2D eigenvalue weighted by molar-refractivity contribution is -0.136. The summed E-state index contributed by atoms with van der Waals surface area (Å²) in [5, 5.41) is 12.3. The molecular weight excluding hydrogens is 477 g/mol. The molecule has 9 heteroatoms. The topological polar surface area (TPSA) is 101 Å². The molecule has 0 aliphatic heterocycles. The molecule has 0 spiro atoms. The van der Waals surface area contributed by atoms with Gasteiger partial charge in [0.25, 0.3) is 5.91 Å². The van der Waals surface area contributed by atoms with Crippen LogP contribution in [0.4, 0.5) is 0 Å². The maximum absolute atomic E-state index is 12.2. The van der Waals surface area contributed by atoms with Crippen LogP contribution in [0.25, 0.3) is 11.1 Å². The number of amides is 1. The summed E-state index contributed by atoms with van der Waals surface area (Å²) < 4.78 is 6.10. The minimum atomic E-state index is -0.962. The lowest BCUT2D eigenvalue weighted by Gasteiger charge is -2.20. The van der Waals surface area contributed by atoms with E-state index in [4.69, 9.17) is 33.0 Å². The van der Waals surface area contributed by atoms with Crippen molar-refractivity contribution in [3.8, 4) is 17.1 Å². The van der Waals surface area contributed by atoms with Gasteiger partial charge < -0.3 is 15.2 Å². The Hall–Kier alpha value is -3.16. The van der Waals surface area contributed by atoms with Crippen molar-refractivity contribution in [3.05, 3.63) is 76.0 Å². The quantitative estimate of drug-likeness (QED) is 0.362. The van der Waals surface area contributed by atoms with Crippen LogP contribution in [0.1, 0.15) is 48.7 Å². The normalized spacial score (nSPS) is 11.8. The van der Waals surface area contributed by atoms with Crippen molar-refractivity contribution >= 4 is 35.1 Å². The molecule has 0 bridgehead atoms. The van der Waals surface area contributed by atoms with Gasteiger partial charge in [0.05, 0.1) is 6.42 Å². The second-order valence-electron chi connectivity index (χ2n) is 8.17. The maximum Gasteiger partial charge on any atom is 0.316 e. The van der Waals surface area contributed by atoms with Crippen molar-refractivity contribution in [2.24, 2.45) is 5.92 Å². The number of carboxylic acid groups (broad SMARTS) is 1. The number of hydrogen-bond acceptors (Lipinski definition) is 5. The lowest BCUT2D eigenvalue weighted by Crippen LogP contribution is -2.26. The van der Waals surface area contributed by atoms with Crippen LogP contribution in [-0.2, 0) is 4.79 Å². The van der Waals surface area contributed by atoms with Crippen LogP contribution < -0.4 is 10.1 Å². The van der Waals surface area contributed by atoms with Crippen LogP contribution >= 0.6 is 23.2 Å². The van der Waals surface area contributed by atoms with E-state index in [2.05, 4.69) is 29.1 Å². The Morgan fingerprint density at radius 2 is 1.62 bits per heavy atom. The number of nitrogens with one attached hydrogen (secondary N) is 1. The summed E-state index contributed by atoms with van der Waals surface area (Å²) in [5.74, 6) is -0.943. The fraction of sp³-hybridized carbons (Fsp3) is 0.280. The highest BCUT2D eigenvalue weighted by Gasteiger charge is 2.18. The molecule has 7 nitrogen and oxygen atoms in total. The van der Waals surface area contributed by atoms with E-state index in [1.54, 1.807) is 42.7 Å². The molecule has 178 valence electrons. The highest BCUT2D eigenvalue weighted by atomic mass is 35.5. The SMILES string of the molecule is CC(C)CC(Oc1ncc(-c2cc(Cl)cc(Cl)c2)cn1)c1ccc(C(=O)NCCC(=O)O)cc1. The second-order valence-corrected chi connectivity index (χ2v) is 9.04. The van der Waals surface area contributed by atoms with Gasteiger partial charge in [0.15, 0.2) is 0 Å². The first kappa shape index (κ1) is 25.5. The lowest BCUT2D eigenvalue weighted by atomic mass is 9.98. The first-order valence-electron chi connectivity index (χ1n) is 10.8. The molecule has 1 aromatic heterocycles. The van der Waals surface area contributed by atoms with E-state index in [-0.39, 0.29) is 31.0 Å². The Morgan fingerprint density at radius 1 is 1.00 bits per heavy atom. The third kappa shape index (κ3) is 7.43. The Labute approximate surface area is 208 Å². The molecule has 0 radical (unpaired) electrons. The predicted molar refractivity (Wildman–Crippen MR) is 131 cm³/mol. The van der Waals surface area contributed by atoms with Gasteiger partial charge in [0, 0.05) is 40.1 Å². The standard InChI is InChI=1S/C25H25Cl2N3O4/c1-15(2)9-22(16-3-5-17(6-4-16)24(33)28-8-7-23(31)32)34-25-29-13-19(14-30-25)18-10-20(26)12-21(27)11-18/h3-6,10-15,22H,7-9H2,1-2H3,(H,28,33)(H,31,32). The van der Waals surface area contributed by atoms with Crippen molar-refractivity contribution in [2.45, 2.75) is 32.8 Å². The zero-order valence-corrected chi connectivity index (χ0v) is 20.3. The third-order valence-corrected chi connectivity index (χ3v) is 5.36. The average Bonchev–Trinajstić information content (AvgIpc) is 2.78. The van der Waals surface area contributed by atoms with Gasteiger partial charge in [-0.1, -0.05) is 49.2 Å². The van der Waals surface area contributed by atoms with Crippen molar-refractivity contribution < 1.29 is 19.4 Å². The van der Waals surface area contributed by atoms with Crippen LogP contribution in [0.15, 0.2) is 54.9 Å². The van der Waals surface area contributed by atoms with Gasteiger partial charge in [-0.15, -0.1) is 0 Å². The number of halogens is 2. The summed E-state index contributed by atoms with van der Waals surface area (Å²) in [6.07, 6.45) is 3.59. The molecule has 0 aliphatic rings. The van der Waals surface area contributed by atoms with Gasteiger partial charge in [-0.05, 0) is 53.8 Å². The number of rotatable bonds is 10. The molecular formula is C25H25Cl2N3O4. The van der Waals surface area contributed by atoms with Gasteiger partial charge in [-0.25, -0.2) is 9.97 Å². The average molecular weight is 502 g/mol. The van der Waals surface area contributed by atoms with Crippen LogP contribution in [0.3, 0.4) is 0 Å². The Balaban J connectivity index is 1.72. The van der Waals surface area contributed by atoms with Crippen molar-refractivity contribution in [1.29, 1.82) is 0 Å². The molecule has 1 atom stereocenters. The summed E-state index contributed by atoms with van der Waals surface area (Å²) in [6, 6.07) is 12.5. The highest BCUT2D eigenvalue weighted by molar-refractivity contribution is 6.35. The number of hydrogen-bond donors (Lipinski definition) is 2.